The second-order valence-corrected chi connectivity index (χ2v) is 7.25. The number of carbonyl (C=O) groups excluding carboxylic acids is 1. The van der Waals surface area contributed by atoms with Gasteiger partial charge in [0.05, 0.1) is 23.0 Å². The first-order valence-corrected chi connectivity index (χ1v) is 9.77. The number of nitrogens with one attached hydrogen (secondary N) is 1. The van der Waals surface area contributed by atoms with Gasteiger partial charge in [0.1, 0.15) is 12.1 Å². The smallest absolute Gasteiger partial charge is 0.292 e. The topological polar surface area (TPSA) is 104 Å². The van der Waals surface area contributed by atoms with Gasteiger partial charge in [-0.15, -0.1) is 0 Å². The fourth-order valence-corrected chi connectivity index (χ4v) is 3.43. The monoisotopic (exact) mass is 463 g/mol. The van der Waals surface area contributed by atoms with E-state index in [4.69, 9.17) is 4.42 Å². The zero-order valence-corrected chi connectivity index (χ0v) is 17.2. The normalized spacial score (nSPS) is 11.1. The van der Waals surface area contributed by atoms with Gasteiger partial charge in [-0.2, -0.15) is 14.9 Å². The number of aromatic nitrogens is 6. The zero-order valence-electron chi connectivity index (χ0n) is 15.7. The molecule has 0 aliphatic heterocycles. The molecule has 0 atom stereocenters. The van der Waals surface area contributed by atoms with E-state index in [9.17, 15) is 4.79 Å². The number of hydrogen-bond donors (Lipinski definition) is 1. The van der Waals surface area contributed by atoms with E-state index in [1.165, 1.54) is 6.33 Å². The van der Waals surface area contributed by atoms with Crippen LogP contribution in [0.15, 0.2) is 70.1 Å². The summed E-state index contributed by atoms with van der Waals surface area (Å²) in [7, 11) is 0. The van der Waals surface area contributed by atoms with Crippen LogP contribution < -0.4 is 5.32 Å². The third-order valence-corrected chi connectivity index (χ3v) is 4.84. The van der Waals surface area contributed by atoms with Crippen LogP contribution in [0.2, 0.25) is 0 Å². The number of carbonyl (C=O) groups is 1. The van der Waals surface area contributed by atoms with Gasteiger partial charge in [0.2, 0.25) is 0 Å². The van der Waals surface area contributed by atoms with Crippen LogP contribution >= 0.6 is 15.9 Å². The minimum absolute atomic E-state index is 0.178. The molecule has 0 saturated carbocycles. The fraction of sp³-hybridized carbons (Fsp3) is 0.0500. The number of benzene rings is 1. The first-order valence-electron chi connectivity index (χ1n) is 8.98. The van der Waals surface area contributed by atoms with E-state index in [1.807, 2.05) is 37.3 Å². The van der Waals surface area contributed by atoms with E-state index in [0.29, 0.717) is 33.0 Å². The van der Waals surface area contributed by atoms with Crippen molar-refractivity contribution >= 4 is 38.7 Å². The second-order valence-electron chi connectivity index (χ2n) is 6.47. The molecule has 0 radical (unpaired) electrons. The highest BCUT2D eigenvalue weighted by Gasteiger charge is 2.19. The molecular weight excluding hydrogens is 450 g/mol. The predicted octanol–water partition coefficient (Wildman–Crippen LogP) is 3.92. The minimum atomic E-state index is -0.396. The lowest BCUT2D eigenvalue weighted by molar-refractivity contribution is 0.0994. The summed E-state index contributed by atoms with van der Waals surface area (Å²) in [4.78, 5) is 21.3. The van der Waals surface area contributed by atoms with E-state index in [-0.39, 0.29) is 5.76 Å². The number of furan rings is 1. The maximum absolute atomic E-state index is 12.6. The number of nitrogens with zero attached hydrogens (tertiary/aromatic N) is 6. The first-order chi connectivity index (χ1) is 14.6. The number of fused-ring (bicyclic) bond motifs is 1. The Morgan fingerprint density at radius 3 is 2.70 bits per heavy atom. The number of anilines is 1. The molecule has 0 spiro atoms. The van der Waals surface area contributed by atoms with Gasteiger partial charge in [0.25, 0.3) is 5.91 Å². The minimum Gasteiger partial charge on any atom is -0.444 e. The van der Waals surface area contributed by atoms with Crippen molar-refractivity contribution in [2.24, 2.45) is 0 Å². The van der Waals surface area contributed by atoms with Crippen LogP contribution in [0.25, 0.3) is 22.5 Å². The highest BCUT2D eigenvalue weighted by Crippen LogP contribution is 2.24. The van der Waals surface area contributed by atoms with Crippen LogP contribution in [-0.2, 0) is 0 Å². The molecular formula is C20H14BrN7O2. The molecule has 0 fully saturated rings. The Balaban J connectivity index is 1.58. The quantitative estimate of drug-likeness (QED) is 0.433. The molecule has 30 heavy (non-hydrogen) atoms. The first kappa shape index (κ1) is 18.3. The summed E-state index contributed by atoms with van der Waals surface area (Å²) in [5.41, 5.74) is 2.23. The largest absolute Gasteiger partial charge is 0.444 e. The predicted molar refractivity (Wildman–Crippen MR) is 113 cm³/mol. The average molecular weight is 464 g/mol. The average Bonchev–Trinajstić information content (AvgIpc) is 3.46. The number of para-hydroxylation sites is 1. The molecule has 4 aromatic heterocycles. The van der Waals surface area contributed by atoms with Crippen molar-refractivity contribution in [3.8, 4) is 11.5 Å². The molecule has 9 nitrogen and oxygen atoms in total. The maximum Gasteiger partial charge on any atom is 0.292 e. The molecule has 0 aliphatic rings. The Bertz CT molecular complexity index is 1370. The van der Waals surface area contributed by atoms with Crippen molar-refractivity contribution in [3.05, 3.63) is 77.2 Å². The van der Waals surface area contributed by atoms with E-state index in [1.54, 1.807) is 33.8 Å². The van der Waals surface area contributed by atoms with Crippen LogP contribution in [0, 0.1) is 6.92 Å². The summed E-state index contributed by atoms with van der Waals surface area (Å²) in [5, 5.41) is 12.5. The number of hydrogen-bond acceptors (Lipinski definition) is 6. The van der Waals surface area contributed by atoms with Gasteiger partial charge < -0.3 is 9.73 Å². The summed E-state index contributed by atoms with van der Waals surface area (Å²) in [6, 6.07) is 14.7. The number of amides is 1. The lowest BCUT2D eigenvalue weighted by Crippen LogP contribution is -2.15. The fourth-order valence-electron chi connectivity index (χ4n) is 3.12. The maximum atomic E-state index is 12.6. The Hall–Kier alpha value is -3.79. The zero-order chi connectivity index (χ0) is 20.7. The number of halogens is 1. The van der Waals surface area contributed by atoms with Gasteiger partial charge in [-0.25, -0.2) is 14.6 Å². The Labute approximate surface area is 178 Å². The molecule has 0 saturated heterocycles. The van der Waals surface area contributed by atoms with Crippen LogP contribution in [0.1, 0.15) is 16.2 Å². The summed E-state index contributed by atoms with van der Waals surface area (Å²) in [6.45, 7) is 1.83. The van der Waals surface area contributed by atoms with Gasteiger partial charge in [0, 0.05) is 6.07 Å². The van der Waals surface area contributed by atoms with Crippen LogP contribution in [0.5, 0.6) is 0 Å². The third kappa shape index (κ3) is 3.16. The highest BCUT2D eigenvalue weighted by molar-refractivity contribution is 9.10. The Morgan fingerprint density at radius 1 is 1.10 bits per heavy atom. The number of aryl methyl sites for hydroxylation is 1. The molecule has 4 heterocycles. The van der Waals surface area contributed by atoms with E-state index < -0.39 is 5.91 Å². The summed E-state index contributed by atoms with van der Waals surface area (Å²) >= 11 is 3.20. The van der Waals surface area contributed by atoms with Gasteiger partial charge in [-0.3, -0.25) is 4.79 Å². The molecule has 1 aromatic carbocycles. The number of rotatable bonds is 4. The summed E-state index contributed by atoms with van der Waals surface area (Å²) in [5.74, 6) is 0.743. The van der Waals surface area contributed by atoms with Crippen molar-refractivity contribution < 1.29 is 9.21 Å². The Kier molecular flexibility index (Phi) is 4.40. The molecule has 5 aromatic rings. The standard InChI is InChI=1S/C20H14BrN7O2/c1-12-9-17(25-20(29)15-7-8-16(21)30-15)28(26-12)19-14-10-24-27(18(14)22-11-23-19)13-5-3-2-4-6-13/h2-11H,1H3,(H,25,29). The van der Waals surface area contributed by atoms with Crippen LogP contribution in [0.3, 0.4) is 0 Å². The highest BCUT2D eigenvalue weighted by atomic mass is 79.9. The van der Waals surface area contributed by atoms with Crippen LogP contribution in [0.4, 0.5) is 5.82 Å². The molecule has 0 aliphatic carbocycles. The van der Waals surface area contributed by atoms with Crippen molar-refractivity contribution in [2.45, 2.75) is 6.92 Å². The third-order valence-electron chi connectivity index (χ3n) is 4.42. The van der Waals surface area contributed by atoms with Crippen molar-refractivity contribution in [1.82, 2.24) is 29.5 Å². The molecule has 148 valence electrons. The molecule has 1 N–H and O–H groups in total. The van der Waals surface area contributed by atoms with Gasteiger partial charge in [0.15, 0.2) is 21.9 Å². The summed E-state index contributed by atoms with van der Waals surface area (Å²) < 4.78 is 9.10. The van der Waals surface area contributed by atoms with Gasteiger partial charge in [-0.05, 0) is 47.1 Å². The molecule has 5 rings (SSSR count). The van der Waals surface area contributed by atoms with Gasteiger partial charge >= 0.3 is 0 Å². The van der Waals surface area contributed by atoms with Crippen molar-refractivity contribution in [3.63, 3.8) is 0 Å². The molecule has 1 amide bonds. The van der Waals surface area contributed by atoms with Crippen molar-refractivity contribution in [2.75, 3.05) is 5.32 Å². The second kappa shape index (κ2) is 7.23. The van der Waals surface area contributed by atoms with E-state index >= 15 is 0 Å². The Morgan fingerprint density at radius 2 is 1.93 bits per heavy atom. The lowest BCUT2D eigenvalue weighted by Gasteiger charge is -2.08. The van der Waals surface area contributed by atoms with E-state index in [0.717, 1.165) is 5.69 Å². The van der Waals surface area contributed by atoms with E-state index in [2.05, 4.69) is 41.4 Å². The summed E-state index contributed by atoms with van der Waals surface area (Å²) in [6.07, 6.45) is 3.13. The van der Waals surface area contributed by atoms with Crippen LogP contribution in [-0.4, -0.2) is 35.4 Å². The molecule has 10 heteroatoms. The molecule has 0 bridgehead atoms. The van der Waals surface area contributed by atoms with Crippen molar-refractivity contribution in [1.29, 1.82) is 0 Å². The SMILES string of the molecule is Cc1cc(NC(=O)c2ccc(Br)o2)n(-c2ncnc3c2cnn3-c2ccccc2)n1. The van der Waals surface area contributed by atoms with Gasteiger partial charge in [-0.1, -0.05) is 18.2 Å². The molecule has 0 unspecified atom stereocenters. The lowest BCUT2D eigenvalue weighted by atomic mass is 10.3.